The molecular weight excluding hydrogens is 238 g/mol. The van der Waals surface area contributed by atoms with Gasteiger partial charge in [0.2, 0.25) is 5.91 Å². The molecule has 0 aliphatic rings. The minimum atomic E-state index is -0.463. The van der Waals surface area contributed by atoms with Crippen LogP contribution in [-0.4, -0.2) is 29.9 Å². The summed E-state index contributed by atoms with van der Waals surface area (Å²) in [4.78, 5) is 13.9. The van der Waals surface area contributed by atoms with Crippen LogP contribution in [0.3, 0.4) is 0 Å². The summed E-state index contributed by atoms with van der Waals surface area (Å²) in [6.45, 7) is 9.51. The van der Waals surface area contributed by atoms with Gasteiger partial charge in [0.05, 0.1) is 6.04 Å². The number of hydrogen-bond donors (Lipinski definition) is 2. The molecule has 19 heavy (non-hydrogen) atoms. The Balaban J connectivity index is 2.70. The van der Waals surface area contributed by atoms with Crippen LogP contribution >= 0.6 is 0 Å². The highest BCUT2D eigenvalue weighted by Crippen LogP contribution is 2.11. The Kier molecular flexibility index (Phi) is 6.53. The standard InChI is InChI=1S/C15H25N3O/c1-4-18(5-2)11-14-9-7-6-8-13(14)10-17-15(19)12(3)16/h6-9,12H,4-5,10-11,16H2,1-3H3,(H,17,19)/t12-/m0/s1. The molecule has 1 amide bonds. The number of nitrogens with zero attached hydrogens (tertiary/aromatic N) is 1. The van der Waals surface area contributed by atoms with Gasteiger partial charge in [0.25, 0.3) is 0 Å². The summed E-state index contributed by atoms with van der Waals surface area (Å²) in [5, 5.41) is 2.87. The van der Waals surface area contributed by atoms with Gasteiger partial charge in [0.15, 0.2) is 0 Å². The van der Waals surface area contributed by atoms with E-state index >= 15 is 0 Å². The predicted octanol–water partition coefficient (Wildman–Crippen LogP) is 1.49. The summed E-state index contributed by atoms with van der Waals surface area (Å²) < 4.78 is 0. The van der Waals surface area contributed by atoms with Gasteiger partial charge >= 0.3 is 0 Å². The second kappa shape index (κ2) is 7.92. The van der Waals surface area contributed by atoms with Crippen LogP contribution < -0.4 is 11.1 Å². The van der Waals surface area contributed by atoms with Crippen molar-refractivity contribution in [1.29, 1.82) is 0 Å². The smallest absolute Gasteiger partial charge is 0.236 e. The van der Waals surface area contributed by atoms with Gasteiger partial charge in [-0.15, -0.1) is 0 Å². The number of amides is 1. The Morgan fingerprint density at radius 3 is 2.37 bits per heavy atom. The van der Waals surface area contributed by atoms with Crippen molar-refractivity contribution in [1.82, 2.24) is 10.2 Å². The minimum absolute atomic E-state index is 0.113. The van der Waals surface area contributed by atoms with Crippen molar-refractivity contribution in [2.75, 3.05) is 13.1 Å². The third kappa shape index (κ3) is 5.01. The fourth-order valence-electron chi connectivity index (χ4n) is 1.92. The van der Waals surface area contributed by atoms with E-state index in [-0.39, 0.29) is 5.91 Å². The molecule has 0 spiro atoms. The van der Waals surface area contributed by atoms with Gasteiger partial charge in [-0.3, -0.25) is 9.69 Å². The Hall–Kier alpha value is -1.39. The predicted molar refractivity (Wildman–Crippen MR) is 78.6 cm³/mol. The Labute approximate surface area is 116 Å². The number of carbonyl (C=O) groups is 1. The lowest BCUT2D eigenvalue weighted by Crippen LogP contribution is -2.38. The number of benzene rings is 1. The minimum Gasteiger partial charge on any atom is -0.351 e. The SMILES string of the molecule is CCN(CC)Cc1ccccc1CNC(=O)[C@H](C)N. The summed E-state index contributed by atoms with van der Waals surface area (Å²) in [5.74, 6) is -0.113. The molecule has 4 nitrogen and oxygen atoms in total. The molecule has 0 aliphatic heterocycles. The van der Waals surface area contributed by atoms with E-state index in [1.165, 1.54) is 5.56 Å². The zero-order chi connectivity index (χ0) is 14.3. The van der Waals surface area contributed by atoms with E-state index in [0.29, 0.717) is 6.54 Å². The Morgan fingerprint density at radius 2 is 1.84 bits per heavy atom. The van der Waals surface area contributed by atoms with Crippen LogP contribution in [0.25, 0.3) is 0 Å². The van der Waals surface area contributed by atoms with Crippen LogP contribution in [0.2, 0.25) is 0 Å². The van der Waals surface area contributed by atoms with E-state index in [1.54, 1.807) is 6.92 Å². The van der Waals surface area contributed by atoms with Crippen molar-refractivity contribution in [2.45, 2.75) is 39.9 Å². The fourth-order valence-corrected chi connectivity index (χ4v) is 1.92. The molecule has 0 radical (unpaired) electrons. The third-order valence-corrected chi connectivity index (χ3v) is 3.27. The van der Waals surface area contributed by atoms with Gasteiger partial charge in [0.1, 0.15) is 0 Å². The number of rotatable bonds is 7. The molecular formula is C15H25N3O. The van der Waals surface area contributed by atoms with E-state index in [9.17, 15) is 4.79 Å². The highest BCUT2D eigenvalue weighted by Gasteiger charge is 2.09. The average Bonchev–Trinajstić information content (AvgIpc) is 2.42. The van der Waals surface area contributed by atoms with Crippen LogP contribution in [0.4, 0.5) is 0 Å². The molecule has 0 saturated carbocycles. The zero-order valence-corrected chi connectivity index (χ0v) is 12.1. The Morgan fingerprint density at radius 1 is 1.26 bits per heavy atom. The fraction of sp³-hybridized carbons (Fsp3) is 0.533. The lowest BCUT2D eigenvalue weighted by molar-refractivity contribution is -0.122. The van der Waals surface area contributed by atoms with Crippen molar-refractivity contribution in [3.63, 3.8) is 0 Å². The highest BCUT2D eigenvalue weighted by atomic mass is 16.2. The first-order valence-corrected chi connectivity index (χ1v) is 6.90. The van der Waals surface area contributed by atoms with Crippen molar-refractivity contribution < 1.29 is 4.79 Å². The number of carbonyl (C=O) groups excluding carboxylic acids is 1. The Bertz CT molecular complexity index is 400. The molecule has 1 aromatic carbocycles. The summed E-state index contributed by atoms with van der Waals surface area (Å²) in [5.41, 5.74) is 7.96. The largest absolute Gasteiger partial charge is 0.351 e. The molecule has 0 fully saturated rings. The molecule has 1 atom stereocenters. The summed E-state index contributed by atoms with van der Waals surface area (Å²) in [6, 6.07) is 7.75. The van der Waals surface area contributed by atoms with Crippen LogP contribution in [0.1, 0.15) is 31.9 Å². The summed E-state index contributed by atoms with van der Waals surface area (Å²) in [7, 11) is 0. The number of hydrogen-bond acceptors (Lipinski definition) is 3. The third-order valence-electron chi connectivity index (χ3n) is 3.27. The molecule has 106 valence electrons. The first-order chi connectivity index (χ1) is 9.08. The molecule has 1 rings (SSSR count). The second-order valence-electron chi connectivity index (χ2n) is 4.74. The topological polar surface area (TPSA) is 58.4 Å². The first kappa shape index (κ1) is 15.7. The van der Waals surface area contributed by atoms with Crippen LogP contribution in [-0.2, 0) is 17.9 Å². The maximum atomic E-state index is 11.5. The molecule has 0 aromatic heterocycles. The molecule has 0 unspecified atom stereocenters. The lowest BCUT2D eigenvalue weighted by Gasteiger charge is -2.20. The van der Waals surface area contributed by atoms with E-state index in [4.69, 9.17) is 5.73 Å². The van der Waals surface area contributed by atoms with E-state index in [0.717, 1.165) is 25.2 Å². The molecule has 4 heteroatoms. The van der Waals surface area contributed by atoms with Crippen molar-refractivity contribution in [3.8, 4) is 0 Å². The maximum absolute atomic E-state index is 11.5. The zero-order valence-electron chi connectivity index (χ0n) is 12.1. The first-order valence-electron chi connectivity index (χ1n) is 6.90. The van der Waals surface area contributed by atoms with Gasteiger partial charge in [-0.05, 0) is 31.1 Å². The molecule has 0 bridgehead atoms. The summed E-state index contributed by atoms with van der Waals surface area (Å²) in [6.07, 6.45) is 0. The normalized spacial score (nSPS) is 12.5. The number of nitrogens with two attached hydrogens (primary N) is 1. The summed E-state index contributed by atoms with van der Waals surface area (Å²) >= 11 is 0. The van der Waals surface area contributed by atoms with Crippen LogP contribution in [0, 0.1) is 0 Å². The van der Waals surface area contributed by atoms with Crippen molar-refractivity contribution in [3.05, 3.63) is 35.4 Å². The van der Waals surface area contributed by atoms with Gasteiger partial charge in [0, 0.05) is 13.1 Å². The van der Waals surface area contributed by atoms with E-state index < -0.39 is 6.04 Å². The highest BCUT2D eigenvalue weighted by molar-refractivity contribution is 5.80. The van der Waals surface area contributed by atoms with Crippen molar-refractivity contribution >= 4 is 5.91 Å². The van der Waals surface area contributed by atoms with E-state index in [2.05, 4.69) is 36.2 Å². The second-order valence-corrected chi connectivity index (χ2v) is 4.74. The van der Waals surface area contributed by atoms with Crippen LogP contribution in [0.5, 0.6) is 0 Å². The van der Waals surface area contributed by atoms with Gasteiger partial charge in [-0.1, -0.05) is 38.1 Å². The van der Waals surface area contributed by atoms with Gasteiger partial charge in [-0.25, -0.2) is 0 Å². The van der Waals surface area contributed by atoms with Gasteiger partial charge < -0.3 is 11.1 Å². The quantitative estimate of drug-likeness (QED) is 0.783. The molecule has 1 aromatic rings. The van der Waals surface area contributed by atoms with Gasteiger partial charge in [-0.2, -0.15) is 0 Å². The maximum Gasteiger partial charge on any atom is 0.236 e. The molecule has 3 N–H and O–H groups in total. The molecule has 0 saturated heterocycles. The molecule has 0 heterocycles. The monoisotopic (exact) mass is 263 g/mol. The van der Waals surface area contributed by atoms with E-state index in [1.807, 2.05) is 12.1 Å². The average molecular weight is 263 g/mol. The molecule has 0 aliphatic carbocycles. The lowest BCUT2D eigenvalue weighted by atomic mass is 10.1. The van der Waals surface area contributed by atoms with Crippen molar-refractivity contribution in [2.24, 2.45) is 5.73 Å². The van der Waals surface area contributed by atoms with Crippen LogP contribution in [0.15, 0.2) is 24.3 Å². The number of nitrogens with one attached hydrogen (secondary N) is 1.